The number of benzene rings is 2. The Morgan fingerprint density at radius 1 is 1.14 bits per heavy atom. The number of methoxy groups -OCH3 is 1. The fourth-order valence-electron chi connectivity index (χ4n) is 2.93. The van der Waals surface area contributed by atoms with Gasteiger partial charge in [0.15, 0.2) is 11.5 Å². The maximum Gasteiger partial charge on any atom is 0.357 e. The summed E-state index contributed by atoms with van der Waals surface area (Å²) >= 11 is 0. The molecule has 0 radical (unpaired) electrons. The predicted octanol–water partition coefficient (Wildman–Crippen LogP) is 2.81. The molecule has 2 aromatic heterocycles. The number of carboxylic acids is 1. The Labute approximate surface area is 158 Å². The number of hydrogen-bond donors (Lipinski definition) is 1. The summed E-state index contributed by atoms with van der Waals surface area (Å²) in [5, 5.41) is 18.0. The third kappa shape index (κ3) is 3.11. The molecule has 28 heavy (non-hydrogen) atoms. The predicted molar refractivity (Wildman–Crippen MR) is 101 cm³/mol. The molecule has 8 nitrogen and oxygen atoms in total. The maximum atomic E-state index is 12.7. The van der Waals surface area contributed by atoms with Crippen molar-refractivity contribution < 1.29 is 19.2 Å². The molecule has 4 rings (SSSR count). The zero-order valence-electron chi connectivity index (χ0n) is 14.8. The average molecular weight is 377 g/mol. The lowest BCUT2D eigenvalue weighted by Crippen LogP contribution is -2.26. The zero-order chi connectivity index (χ0) is 19.7. The molecule has 2 heterocycles. The van der Waals surface area contributed by atoms with E-state index in [1.807, 2.05) is 12.1 Å². The zero-order valence-corrected chi connectivity index (χ0v) is 14.8. The molecule has 1 N–H and O–H groups in total. The fourth-order valence-corrected chi connectivity index (χ4v) is 2.93. The highest BCUT2D eigenvalue weighted by molar-refractivity contribution is 6.01. The molecule has 2 aromatic carbocycles. The van der Waals surface area contributed by atoms with E-state index < -0.39 is 11.5 Å². The van der Waals surface area contributed by atoms with Crippen molar-refractivity contribution in [2.24, 2.45) is 0 Å². The second-order valence-electron chi connectivity index (χ2n) is 6.07. The normalized spacial score (nSPS) is 10.9. The Kier molecular flexibility index (Phi) is 4.36. The molecule has 0 spiro atoms. The van der Waals surface area contributed by atoms with Gasteiger partial charge in [-0.1, -0.05) is 23.4 Å². The van der Waals surface area contributed by atoms with Crippen LogP contribution in [-0.2, 0) is 6.54 Å². The van der Waals surface area contributed by atoms with Crippen LogP contribution in [0.3, 0.4) is 0 Å². The Morgan fingerprint density at radius 2 is 1.86 bits per heavy atom. The van der Waals surface area contributed by atoms with E-state index in [0.29, 0.717) is 16.8 Å². The van der Waals surface area contributed by atoms with E-state index >= 15 is 0 Å². The van der Waals surface area contributed by atoms with Crippen molar-refractivity contribution in [1.29, 1.82) is 0 Å². The summed E-state index contributed by atoms with van der Waals surface area (Å²) in [6.45, 7) is -0.0346. The highest BCUT2D eigenvalue weighted by atomic mass is 16.5. The molecule has 0 atom stereocenters. The van der Waals surface area contributed by atoms with Gasteiger partial charge in [-0.3, -0.25) is 4.79 Å². The van der Waals surface area contributed by atoms with E-state index in [0.717, 1.165) is 16.0 Å². The van der Waals surface area contributed by atoms with Crippen LogP contribution in [0.15, 0.2) is 63.9 Å². The molecule has 0 amide bonds. The first-order chi connectivity index (χ1) is 13.6. The third-order valence-electron chi connectivity index (χ3n) is 4.32. The molecule has 0 saturated carbocycles. The quantitative estimate of drug-likeness (QED) is 0.570. The molecule has 8 heteroatoms. The lowest BCUT2D eigenvalue weighted by atomic mass is 10.1. The van der Waals surface area contributed by atoms with Gasteiger partial charge in [-0.15, -0.1) is 0 Å². The molecule has 0 aliphatic rings. The van der Waals surface area contributed by atoms with Crippen molar-refractivity contribution in [2.45, 2.75) is 6.54 Å². The van der Waals surface area contributed by atoms with E-state index in [2.05, 4.69) is 10.3 Å². The second-order valence-corrected chi connectivity index (χ2v) is 6.07. The van der Waals surface area contributed by atoms with Crippen LogP contribution < -0.4 is 10.3 Å². The highest BCUT2D eigenvalue weighted by Crippen LogP contribution is 2.22. The lowest BCUT2D eigenvalue weighted by Gasteiger charge is -2.07. The Balaban J connectivity index is 1.71. The SMILES string of the molecule is COc1ccc(-c2cc(Cn3nc(C(=O)O)c4ccccc4c3=O)on2)cc1. The number of hydrogen-bond acceptors (Lipinski definition) is 6. The van der Waals surface area contributed by atoms with Crippen molar-refractivity contribution in [3.05, 3.63) is 76.4 Å². The van der Waals surface area contributed by atoms with Gasteiger partial charge in [0.2, 0.25) is 0 Å². The van der Waals surface area contributed by atoms with Gasteiger partial charge in [0.25, 0.3) is 5.56 Å². The van der Waals surface area contributed by atoms with Gasteiger partial charge in [0, 0.05) is 17.0 Å². The molecule has 4 aromatic rings. The van der Waals surface area contributed by atoms with Crippen LogP contribution in [0.25, 0.3) is 22.0 Å². The first-order valence-corrected chi connectivity index (χ1v) is 8.40. The molecule has 140 valence electrons. The smallest absolute Gasteiger partial charge is 0.357 e. The Bertz CT molecular complexity index is 1220. The number of fused-ring (bicyclic) bond motifs is 1. The van der Waals surface area contributed by atoms with Gasteiger partial charge < -0.3 is 14.4 Å². The Morgan fingerprint density at radius 3 is 2.54 bits per heavy atom. The number of aromatic carboxylic acids is 1. The summed E-state index contributed by atoms with van der Waals surface area (Å²) < 4.78 is 11.5. The van der Waals surface area contributed by atoms with E-state index in [-0.39, 0.29) is 17.6 Å². The van der Waals surface area contributed by atoms with Crippen molar-refractivity contribution in [3.63, 3.8) is 0 Å². The molecule has 0 aliphatic carbocycles. The minimum Gasteiger partial charge on any atom is -0.497 e. The standard InChI is InChI=1S/C20H15N3O5/c1-27-13-8-6-12(7-9-13)17-10-14(28-22-17)11-23-19(24)16-5-3-2-4-15(16)18(21-23)20(25)26/h2-10H,11H2,1H3,(H,25,26). The number of carboxylic acid groups (broad SMARTS) is 1. The van der Waals surface area contributed by atoms with Crippen LogP contribution >= 0.6 is 0 Å². The minimum atomic E-state index is -1.21. The maximum absolute atomic E-state index is 12.7. The molecule has 0 saturated heterocycles. The third-order valence-corrected chi connectivity index (χ3v) is 4.32. The lowest BCUT2D eigenvalue weighted by molar-refractivity contribution is 0.0690. The summed E-state index contributed by atoms with van der Waals surface area (Å²) in [6, 6.07) is 15.4. The van der Waals surface area contributed by atoms with E-state index in [9.17, 15) is 14.7 Å². The summed E-state index contributed by atoms with van der Waals surface area (Å²) in [5.41, 5.74) is 0.818. The van der Waals surface area contributed by atoms with Crippen LogP contribution in [0.1, 0.15) is 16.2 Å². The number of ether oxygens (including phenoxy) is 1. The molecule has 0 aliphatic heterocycles. The Hall–Kier alpha value is -3.94. The largest absolute Gasteiger partial charge is 0.497 e. The van der Waals surface area contributed by atoms with Crippen molar-refractivity contribution in [3.8, 4) is 17.0 Å². The van der Waals surface area contributed by atoms with Crippen LogP contribution in [0.4, 0.5) is 0 Å². The molecule has 0 fully saturated rings. The topological polar surface area (TPSA) is 107 Å². The number of rotatable bonds is 5. The average Bonchev–Trinajstić information content (AvgIpc) is 3.18. The van der Waals surface area contributed by atoms with Crippen molar-refractivity contribution >= 4 is 16.7 Å². The van der Waals surface area contributed by atoms with Crippen LogP contribution in [-0.4, -0.2) is 33.1 Å². The van der Waals surface area contributed by atoms with Crippen LogP contribution in [0.5, 0.6) is 5.75 Å². The van der Waals surface area contributed by atoms with E-state index in [1.54, 1.807) is 49.6 Å². The van der Waals surface area contributed by atoms with Gasteiger partial charge in [0.1, 0.15) is 18.0 Å². The summed E-state index contributed by atoms with van der Waals surface area (Å²) in [5.74, 6) is -0.103. The van der Waals surface area contributed by atoms with Crippen LogP contribution in [0, 0.1) is 0 Å². The van der Waals surface area contributed by atoms with Gasteiger partial charge in [0.05, 0.1) is 12.5 Å². The molecule has 0 bridgehead atoms. The second kappa shape index (κ2) is 6.99. The molecule has 0 unspecified atom stereocenters. The number of aromatic nitrogens is 3. The monoisotopic (exact) mass is 377 g/mol. The van der Waals surface area contributed by atoms with Gasteiger partial charge in [-0.05, 0) is 30.3 Å². The first kappa shape index (κ1) is 17.5. The van der Waals surface area contributed by atoms with Gasteiger partial charge >= 0.3 is 5.97 Å². The van der Waals surface area contributed by atoms with Crippen LogP contribution in [0.2, 0.25) is 0 Å². The van der Waals surface area contributed by atoms with Gasteiger partial charge in [-0.2, -0.15) is 5.10 Å². The summed E-state index contributed by atoms with van der Waals surface area (Å²) in [4.78, 5) is 24.2. The summed E-state index contributed by atoms with van der Waals surface area (Å²) in [7, 11) is 1.59. The fraction of sp³-hybridized carbons (Fsp3) is 0.100. The first-order valence-electron chi connectivity index (χ1n) is 8.40. The number of carbonyl (C=O) groups is 1. The van der Waals surface area contributed by atoms with Gasteiger partial charge in [-0.25, -0.2) is 9.48 Å². The highest BCUT2D eigenvalue weighted by Gasteiger charge is 2.17. The molecular formula is C20H15N3O5. The summed E-state index contributed by atoms with van der Waals surface area (Å²) in [6.07, 6.45) is 0. The minimum absolute atomic E-state index is 0.0346. The van der Waals surface area contributed by atoms with Crippen molar-refractivity contribution in [2.75, 3.05) is 7.11 Å². The van der Waals surface area contributed by atoms with E-state index in [1.165, 1.54) is 0 Å². The number of nitrogens with zero attached hydrogens (tertiary/aromatic N) is 3. The van der Waals surface area contributed by atoms with Crippen molar-refractivity contribution in [1.82, 2.24) is 14.9 Å². The van der Waals surface area contributed by atoms with E-state index in [4.69, 9.17) is 9.26 Å². The molecular weight excluding hydrogens is 362 g/mol.